The van der Waals surface area contributed by atoms with E-state index in [1.807, 2.05) is 19.2 Å². The maximum Gasteiger partial charge on any atom is 0.156 e. The van der Waals surface area contributed by atoms with E-state index in [1.54, 1.807) is 23.1 Å². The molecule has 2 heterocycles. The molecule has 1 aliphatic carbocycles. The van der Waals surface area contributed by atoms with Gasteiger partial charge in [0.25, 0.3) is 0 Å². The van der Waals surface area contributed by atoms with Crippen LogP contribution in [0, 0.1) is 6.92 Å². The molecule has 0 aliphatic heterocycles. The number of hydrogen-bond acceptors (Lipinski definition) is 5. The van der Waals surface area contributed by atoms with Crippen molar-refractivity contribution in [2.45, 2.75) is 41.7 Å². The van der Waals surface area contributed by atoms with Gasteiger partial charge in [-0.2, -0.15) is 0 Å². The van der Waals surface area contributed by atoms with Crippen molar-refractivity contribution in [1.29, 1.82) is 0 Å². The molecule has 1 aliphatic rings. The molecule has 0 radical (unpaired) electrons. The Bertz CT molecular complexity index is 535. The molecule has 0 spiro atoms. The molecular weight excluding hydrogens is 262 g/mol. The van der Waals surface area contributed by atoms with Gasteiger partial charge in [-0.3, -0.25) is 0 Å². The molecule has 0 unspecified atom stereocenters. The molecule has 94 valence electrons. The fourth-order valence-corrected chi connectivity index (χ4v) is 3.49. The van der Waals surface area contributed by atoms with E-state index in [1.165, 1.54) is 18.4 Å². The smallest absolute Gasteiger partial charge is 0.156 e. The van der Waals surface area contributed by atoms with E-state index < -0.39 is 0 Å². The van der Waals surface area contributed by atoms with E-state index >= 15 is 0 Å². The number of nitrogens with one attached hydrogen (secondary N) is 1. The van der Waals surface area contributed by atoms with Crippen LogP contribution in [0.4, 0.5) is 0 Å². The molecule has 2 aromatic heterocycles. The van der Waals surface area contributed by atoms with Crippen LogP contribution in [-0.4, -0.2) is 16.0 Å². The van der Waals surface area contributed by atoms with E-state index in [4.69, 9.17) is 0 Å². The summed E-state index contributed by atoms with van der Waals surface area (Å²) in [6.07, 6.45) is 4.48. The summed E-state index contributed by atoms with van der Waals surface area (Å²) in [6.45, 7) is 2.93. The van der Waals surface area contributed by atoms with Crippen LogP contribution in [0.3, 0.4) is 0 Å². The Morgan fingerprint density at radius 3 is 3.11 bits per heavy atom. The number of nitrogens with zero attached hydrogens (tertiary/aromatic N) is 2. The SMILES string of the molecule is Cc1csc(Sc2ncccc2CNC2CC2)n1. The Labute approximate surface area is 115 Å². The van der Waals surface area contributed by atoms with Crippen molar-refractivity contribution in [1.82, 2.24) is 15.3 Å². The molecule has 0 saturated heterocycles. The van der Waals surface area contributed by atoms with Crippen molar-refractivity contribution in [3.63, 3.8) is 0 Å². The summed E-state index contributed by atoms with van der Waals surface area (Å²) in [7, 11) is 0. The zero-order chi connectivity index (χ0) is 12.4. The van der Waals surface area contributed by atoms with Crippen LogP contribution in [0.2, 0.25) is 0 Å². The van der Waals surface area contributed by atoms with Crippen LogP contribution >= 0.6 is 23.1 Å². The van der Waals surface area contributed by atoms with Crippen molar-refractivity contribution < 1.29 is 0 Å². The largest absolute Gasteiger partial charge is 0.310 e. The van der Waals surface area contributed by atoms with Crippen LogP contribution < -0.4 is 5.32 Å². The summed E-state index contributed by atoms with van der Waals surface area (Å²) in [5, 5.41) is 6.68. The number of hydrogen-bond donors (Lipinski definition) is 1. The topological polar surface area (TPSA) is 37.8 Å². The maximum atomic E-state index is 4.48. The highest BCUT2D eigenvalue weighted by molar-refractivity contribution is 8.01. The second kappa shape index (κ2) is 5.38. The van der Waals surface area contributed by atoms with E-state index in [0.717, 1.165) is 27.6 Å². The number of rotatable bonds is 5. The Morgan fingerprint density at radius 2 is 2.39 bits per heavy atom. The minimum Gasteiger partial charge on any atom is -0.310 e. The van der Waals surface area contributed by atoms with Crippen molar-refractivity contribution in [2.75, 3.05) is 0 Å². The molecular formula is C13H15N3S2. The average molecular weight is 277 g/mol. The first-order valence-corrected chi connectivity index (χ1v) is 7.78. The lowest BCUT2D eigenvalue weighted by atomic mass is 10.3. The van der Waals surface area contributed by atoms with Crippen molar-refractivity contribution in [3.05, 3.63) is 35.0 Å². The molecule has 1 saturated carbocycles. The second-order valence-corrected chi connectivity index (χ2v) is 6.57. The predicted octanol–water partition coefficient (Wildman–Crippen LogP) is 3.25. The first kappa shape index (κ1) is 12.1. The van der Waals surface area contributed by atoms with Gasteiger partial charge < -0.3 is 5.32 Å². The van der Waals surface area contributed by atoms with Gasteiger partial charge in [-0.25, -0.2) is 9.97 Å². The molecule has 18 heavy (non-hydrogen) atoms. The lowest BCUT2D eigenvalue weighted by molar-refractivity contribution is 0.675. The van der Waals surface area contributed by atoms with Crippen molar-refractivity contribution >= 4 is 23.1 Å². The predicted molar refractivity (Wildman–Crippen MR) is 75.1 cm³/mol. The molecule has 3 nitrogen and oxygen atoms in total. The van der Waals surface area contributed by atoms with Gasteiger partial charge in [0.15, 0.2) is 4.34 Å². The molecule has 3 rings (SSSR count). The van der Waals surface area contributed by atoms with Gasteiger partial charge in [-0.05, 0) is 43.2 Å². The summed E-state index contributed by atoms with van der Waals surface area (Å²) < 4.78 is 1.07. The lowest BCUT2D eigenvalue weighted by Crippen LogP contribution is -2.16. The third kappa shape index (κ3) is 3.10. The van der Waals surface area contributed by atoms with Gasteiger partial charge in [-0.15, -0.1) is 11.3 Å². The minimum absolute atomic E-state index is 0.727. The van der Waals surface area contributed by atoms with Gasteiger partial charge in [0.1, 0.15) is 5.03 Å². The van der Waals surface area contributed by atoms with Crippen LogP contribution in [0.25, 0.3) is 0 Å². The minimum atomic E-state index is 0.727. The lowest BCUT2D eigenvalue weighted by Gasteiger charge is -2.07. The fourth-order valence-electron chi connectivity index (χ4n) is 1.65. The molecule has 1 N–H and O–H groups in total. The van der Waals surface area contributed by atoms with E-state index in [-0.39, 0.29) is 0 Å². The monoisotopic (exact) mass is 277 g/mol. The van der Waals surface area contributed by atoms with Crippen molar-refractivity contribution in [3.8, 4) is 0 Å². The summed E-state index contributed by atoms with van der Waals surface area (Å²) >= 11 is 3.34. The molecule has 5 heteroatoms. The summed E-state index contributed by atoms with van der Waals surface area (Å²) in [4.78, 5) is 8.95. The van der Waals surface area contributed by atoms with E-state index in [0.29, 0.717) is 0 Å². The van der Waals surface area contributed by atoms with Gasteiger partial charge >= 0.3 is 0 Å². The third-order valence-electron chi connectivity index (χ3n) is 2.79. The zero-order valence-electron chi connectivity index (χ0n) is 10.2. The van der Waals surface area contributed by atoms with Gasteiger partial charge in [-0.1, -0.05) is 6.07 Å². The van der Waals surface area contributed by atoms with Gasteiger partial charge in [0, 0.05) is 29.9 Å². The Kier molecular flexibility index (Phi) is 3.63. The van der Waals surface area contributed by atoms with E-state index in [9.17, 15) is 0 Å². The maximum absolute atomic E-state index is 4.48. The molecule has 0 amide bonds. The highest BCUT2D eigenvalue weighted by Gasteiger charge is 2.20. The summed E-state index contributed by atoms with van der Waals surface area (Å²) in [5.74, 6) is 0. The van der Waals surface area contributed by atoms with Gasteiger partial charge in [0.05, 0.1) is 0 Å². The number of aromatic nitrogens is 2. The normalized spacial score (nSPS) is 14.9. The molecule has 0 atom stereocenters. The number of aryl methyl sites for hydroxylation is 1. The molecule has 0 bridgehead atoms. The number of thiazole rings is 1. The fraction of sp³-hybridized carbons (Fsp3) is 0.385. The Balaban J connectivity index is 1.73. The average Bonchev–Trinajstić information content (AvgIpc) is 3.12. The van der Waals surface area contributed by atoms with Crippen LogP contribution in [0.1, 0.15) is 24.1 Å². The third-order valence-corrected chi connectivity index (χ3v) is 4.91. The summed E-state index contributed by atoms with van der Waals surface area (Å²) in [5.41, 5.74) is 2.35. The standard InChI is InChI=1S/C13H15N3S2/c1-9-8-17-13(16-9)18-12-10(3-2-6-14-12)7-15-11-4-5-11/h2-3,6,8,11,15H,4-5,7H2,1H3. The number of pyridine rings is 1. The molecule has 0 aromatic carbocycles. The Hall–Kier alpha value is -0.910. The van der Waals surface area contributed by atoms with Crippen molar-refractivity contribution in [2.24, 2.45) is 0 Å². The Morgan fingerprint density at radius 1 is 1.50 bits per heavy atom. The van der Waals surface area contributed by atoms with E-state index in [2.05, 4.69) is 26.7 Å². The highest BCUT2D eigenvalue weighted by atomic mass is 32.2. The zero-order valence-corrected chi connectivity index (χ0v) is 11.9. The molecule has 2 aromatic rings. The summed E-state index contributed by atoms with van der Waals surface area (Å²) in [6, 6.07) is 4.87. The van der Waals surface area contributed by atoms with Gasteiger partial charge in [0.2, 0.25) is 0 Å². The first-order chi connectivity index (χ1) is 8.81. The molecule has 1 fully saturated rings. The first-order valence-electron chi connectivity index (χ1n) is 6.08. The quantitative estimate of drug-likeness (QED) is 0.910. The second-order valence-electron chi connectivity index (χ2n) is 4.48. The van der Waals surface area contributed by atoms with Crippen LogP contribution in [0.5, 0.6) is 0 Å². The highest BCUT2D eigenvalue weighted by Crippen LogP contribution is 2.31. The van der Waals surface area contributed by atoms with Crippen LogP contribution in [-0.2, 0) is 6.54 Å². The van der Waals surface area contributed by atoms with Crippen LogP contribution in [0.15, 0.2) is 33.1 Å².